The van der Waals surface area contributed by atoms with E-state index in [0.29, 0.717) is 0 Å². The average molecular weight is 337 g/mol. The molecule has 6 heteroatoms. The van der Waals surface area contributed by atoms with Crippen LogP contribution < -0.4 is 5.32 Å². The van der Waals surface area contributed by atoms with Gasteiger partial charge >= 0.3 is 0 Å². The predicted octanol–water partition coefficient (Wildman–Crippen LogP) is 0.290. The van der Waals surface area contributed by atoms with Crippen LogP contribution in [-0.4, -0.2) is 110 Å². The molecule has 0 spiro atoms. The van der Waals surface area contributed by atoms with Gasteiger partial charge in [-0.1, -0.05) is 6.42 Å². The van der Waals surface area contributed by atoms with E-state index in [-0.39, 0.29) is 5.79 Å². The molecule has 0 radical (unpaired) electrons. The Morgan fingerprint density at radius 2 is 1.25 bits per heavy atom. The first-order valence-electron chi connectivity index (χ1n) is 10.2. The van der Waals surface area contributed by atoms with Crippen LogP contribution in [-0.2, 0) is 0 Å². The van der Waals surface area contributed by atoms with Crippen LogP contribution in [0.3, 0.4) is 0 Å². The topological polar surface area (TPSA) is 28.2 Å². The Labute approximate surface area is 147 Å². The molecule has 138 valence electrons. The normalized spacial score (nSPS) is 36.4. The summed E-state index contributed by atoms with van der Waals surface area (Å²) >= 11 is 0. The van der Waals surface area contributed by atoms with Crippen molar-refractivity contribution in [3.63, 3.8) is 0 Å². The highest BCUT2D eigenvalue weighted by atomic mass is 15.8. The van der Waals surface area contributed by atoms with Crippen molar-refractivity contribution in [2.45, 2.75) is 37.9 Å². The van der Waals surface area contributed by atoms with Crippen molar-refractivity contribution < 1.29 is 0 Å². The Kier molecular flexibility index (Phi) is 5.41. The van der Waals surface area contributed by atoms with E-state index in [1.54, 1.807) is 0 Å². The molecule has 0 bridgehead atoms. The van der Waals surface area contributed by atoms with Crippen molar-refractivity contribution in [3.05, 3.63) is 0 Å². The molecule has 1 atom stereocenters. The van der Waals surface area contributed by atoms with E-state index < -0.39 is 0 Å². The quantitative estimate of drug-likeness (QED) is 0.797. The van der Waals surface area contributed by atoms with Gasteiger partial charge in [0.15, 0.2) is 5.79 Å². The minimum Gasteiger partial charge on any atom is -0.314 e. The molecule has 4 fully saturated rings. The standard InChI is InChI=1S/C18H36N6/c1-20-15-16-24(23-13-7-19-8-14-23)18(17-20,22-11-5-6-12-22)21-9-3-2-4-10-21/h19H,2-17H2,1H3. The van der Waals surface area contributed by atoms with Crippen LogP contribution in [0.25, 0.3) is 0 Å². The van der Waals surface area contributed by atoms with Gasteiger partial charge in [0.25, 0.3) is 0 Å². The number of nitrogens with one attached hydrogen (secondary N) is 1. The van der Waals surface area contributed by atoms with E-state index in [9.17, 15) is 0 Å². The number of hydrogen-bond acceptors (Lipinski definition) is 6. The molecule has 1 N–H and O–H groups in total. The Hall–Kier alpha value is -0.240. The maximum atomic E-state index is 3.53. The molecule has 0 amide bonds. The molecule has 4 aliphatic rings. The lowest BCUT2D eigenvalue weighted by molar-refractivity contribution is -0.272. The van der Waals surface area contributed by atoms with Crippen LogP contribution in [0.1, 0.15) is 32.1 Å². The summed E-state index contributed by atoms with van der Waals surface area (Å²) in [7, 11) is 2.32. The van der Waals surface area contributed by atoms with E-state index in [0.717, 1.165) is 32.7 Å². The van der Waals surface area contributed by atoms with Gasteiger partial charge in [0, 0.05) is 72.0 Å². The van der Waals surface area contributed by atoms with E-state index >= 15 is 0 Å². The summed E-state index contributed by atoms with van der Waals surface area (Å²) in [6.07, 6.45) is 6.89. The summed E-state index contributed by atoms with van der Waals surface area (Å²) < 4.78 is 0. The minimum atomic E-state index is 0.0985. The molecule has 0 aromatic rings. The second-order valence-electron chi connectivity index (χ2n) is 8.08. The lowest BCUT2D eigenvalue weighted by Gasteiger charge is -2.62. The molecule has 0 saturated carbocycles. The summed E-state index contributed by atoms with van der Waals surface area (Å²) in [5, 5.41) is 9.01. The summed E-state index contributed by atoms with van der Waals surface area (Å²) in [6, 6.07) is 0. The van der Waals surface area contributed by atoms with Crippen LogP contribution in [0.5, 0.6) is 0 Å². The van der Waals surface area contributed by atoms with Crippen molar-refractivity contribution in [1.29, 1.82) is 0 Å². The number of likely N-dealkylation sites (tertiary alicyclic amines) is 2. The van der Waals surface area contributed by atoms with Crippen molar-refractivity contribution in [2.24, 2.45) is 0 Å². The van der Waals surface area contributed by atoms with Crippen molar-refractivity contribution in [1.82, 2.24) is 30.0 Å². The SMILES string of the molecule is CN1CCN(N2CCNCC2)C(N2CCCCC2)(N2CCCC2)C1. The number of likely N-dealkylation sites (N-methyl/N-ethyl adjacent to an activating group) is 1. The van der Waals surface area contributed by atoms with Gasteiger partial charge in [0.05, 0.1) is 0 Å². The molecular weight excluding hydrogens is 300 g/mol. The van der Waals surface area contributed by atoms with Crippen LogP contribution in [0.4, 0.5) is 0 Å². The molecular formula is C18H36N6. The minimum absolute atomic E-state index is 0.0985. The van der Waals surface area contributed by atoms with Gasteiger partial charge in [-0.05, 0) is 32.7 Å². The first kappa shape index (κ1) is 17.2. The highest BCUT2D eigenvalue weighted by molar-refractivity contribution is 4.98. The van der Waals surface area contributed by atoms with Gasteiger partial charge in [-0.15, -0.1) is 0 Å². The number of hydrazine groups is 1. The smallest absolute Gasteiger partial charge is 0.157 e. The van der Waals surface area contributed by atoms with Crippen LogP contribution >= 0.6 is 0 Å². The van der Waals surface area contributed by atoms with Crippen molar-refractivity contribution >= 4 is 0 Å². The molecule has 4 saturated heterocycles. The fourth-order valence-corrected chi connectivity index (χ4v) is 5.28. The van der Waals surface area contributed by atoms with Crippen LogP contribution in [0, 0.1) is 0 Å². The second kappa shape index (κ2) is 7.56. The largest absolute Gasteiger partial charge is 0.314 e. The number of piperidine rings is 1. The van der Waals surface area contributed by atoms with Crippen LogP contribution in [0.2, 0.25) is 0 Å². The zero-order valence-corrected chi connectivity index (χ0v) is 15.5. The first-order chi connectivity index (χ1) is 11.8. The lowest BCUT2D eigenvalue weighted by atomic mass is 10.0. The second-order valence-corrected chi connectivity index (χ2v) is 8.08. The summed E-state index contributed by atoms with van der Waals surface area (Å²) in [6.45, 7) is 13.2. The number of nitrogens with zero attached hydrogens (tertiary/aromatic N) is 5. The number of rotatable bonds is 3. The summed E-state index contributed by atoms with van der Waals surface area (Å²) in [4.78, 5) is 8.25. The molecule has 24 heavy (non-hydrogen) atoms. The van der Waals surface area contributed by atoms with E-state index in [1.807, 2.05) is 0 Å². The molecule has 0 aromatic heterocycles. The van der Waals surface area contributed by atoms with Crippen LogP contribution in [0.15, 0.2) is 0 Å². The molecule has 4 aliphatic heterocycles. The maximum Gasteiger partial charge on any atom is 0.157 e. The number of hydrogen-bond donors (Lipinski definition) is 1. The Morgan fingerprint density at radius 1 is 0.667 bits per heavy atom. The Balaban J connectivity index is 1.67. The first-order valence-corrected chi connectivity index (χ1v) is 10.2. The Morgan fingerprint density at radius 3 is 1.88 bits per heavy atom. The van der Waals surface area contributed by atoms with Gasteiger partial charge in [0.2, 0.25) is 0 Å². The van der Waals surface area contributed by atoms with E-state index in [2.05, 4.69) is 37.1 Å². The molecule has 0 aromatic carbocycles. The van der Waals surface area contributed by atoms with E-state index in [1.165, 1.54) is 71.4 Å². The van der Waals surface area contributed by atoms with Crippen molar-refractivity contribution in [2.75, 3.05) is 79.0 Å². The zero-order valence-electron chi connectivity index (χ0n) is 15.5. The molecule has 4 rings (SSSR count). The molecule has 4 heterocycles. The van der Waals surface area contributed by atoms with Gasteiger partial charge in [-0.3, -0.25) is 9.80 Å². The predicted molar refractivity (Wildman–Crippen MR) is 97.6 cm³/mol. The monoisotopic (exact) mass is 336 g/mol. The third-order valence-electron chi connectivity index (χ3n) is 6.50. The average Bonchev–Trinajstić information content (AvgIpc) is 3.18. The molecule has 1 unspecified atom stereocenters. The van der Waals surface area contributed by atoms with Gasteiger partial charge < -0.3 is 10.2 Å². The summed E-state index contributed by atoms with van der Waals surface area (Å²) in [5.41, 5.74) is 0. The highest BCUT2D eigenvalue weighted by Crippen LogP contribution is 2.35. The highest BCUT2D eigenvalue weighted by Gasteiger charge is 2.52. The van der Waals surface area contributed by atoms with E-state index in [4.69, 9.17) is 0 Å². The summed E-state index contributed by atoms with van der Waals surface area (Å²) in [5.74, 6) is 0.0985. The Bertz CT molecular complexity index is 400. The maximum absolute atomic E-state index is 3.53. The third-order valence-corrected chi connectivity index (χ3v) is 6.50. The molecule has 0 aliphatic carbocycles. The third kappa shape index (κ3) is 3.13. The van der Waals surface area contributed by atoms with Gasteiger partial charge in [-0.2, -0.15) is 0 Å². The zero-order chi connectivity index (χ0) is 16.4. The lowest BCUT2D eigenvalue weighted by Crippen LogP contribution is -2.80. The fourth-order valence-electron chi connectivity index (χ4n) is 5.28. The van der Waals surface area contributed by atoms with Crippen molar-refractivity contribution in [3.8, 4) is 0 Å². The number of piperazine rings is 2. The van der Waals surface area contributed by atoms with Gasteiger partial charge in [-0.25, -0.2) is 10.0 Å². The fraction of sp³-hybridized carbons (Fsp3) is 1.00. The molecule has 6 nitrogen and oxygen atoms in total. The van der Waals surface area contributed by atoms with Gasteiger partial charge in [0.1, 0.15) is 0 Å².